The molecule has 0 amide bonds. The maximum Gasteiger partial charge on any atom is 0.201 e. The van der Waals surface area contributed by atoms with Crippen LogP contribution in [0.5, 0.6) is 11.5 Å². The van der Waals surface area contributed by atoms with Gasteiger partial charge in [-0.1, -0.05) is 0 Å². The molecule has 0 fully saturated rings. The van der Waals surface area contributed by atoms with Gasteiger partial charge in [-0.3, -0.25) is 0 Å². The number of rotatable bonds is 6. The van der Waals surface area contributed by atoms with Crippen LogP contribution in [0, 0.1) is 0 Å². The molecule has 0 aliphatic heterocycles. The number of methoxy groups -OCH3 is 2. The first-order chi connectivity index (χ1) is 9.62. The Morgan fingerprint density at radius 3 is 2.55 bits per heavy atom. The molecule has 6 heteroatoms. The van der Waals surface area contributed by atoms with Gasteiger partial charge in [0.25, 0.3) is 0 Å². The molecule has 0 spiro atoms. The van der Waals surface area contributed by atoms with E-state index >= 15 is 0 Å². The predicted octanol–water partition coefficient (Wildman–Crippen LogP) is 2.95. The van der Waals surface area contributed by atoms with E-state index in [1.54, 1.807) is 14.2 Å². The van der Waals surface area contributed by atoms with Gasteiger partial charge in [0.1, 0.15) is 0 Å². The van der Waals surface area contributed by atoms with Gasteiger partial charge in [-0.05, 0) is 25.4 Å². The second-order valence-corrected chi connectivity index (χ2v) is 5.65. The third-order valence-electron chi connectivity index (χ3n) is 3.40. The zero-order valence-corrected chi connectivity index (χ0v) is 13.2. The summed E-state index contributed by atoms with van der Waals surface area (Å²) < 4.78 is 12.7. The van der Waals surface area contributed by atoms with Crippen molar-refractivity contribution in [1.82, 2.24) is 9.55 Å². The highest BCUT2D eigenvalue weighted by Crippen LogP contribution is 2.34. The fourth-order valence-corrected chi connectivity index (χ4v) is 2.90. The van der Waals surface area contributed by atoms with E-state index in [1.807, 2.05) is 23.9 Å². The van der Waals surface area contributed by atoms with Crippen molar-refractivity contribution in [1.29, 1.82) is 0 Å². The van der Waals surface area contributed by atoms with E-state index in [0.717, 1.165) is 23.2 Å². The number of nitrogens with zero attached hydrogens (tertiary/aromatic N) is 2. The molecule has 0 aliphatic rings. The summed E-state index contributed by atoms with van der Waals surface area (Å²) in [5.41, 5.74) is 7.88. The molecule has 1 atom stereocenters. The lowest BCUT2D eigenvalue weighted by Crippen LogP contribution is -2.09. The minimum Gasteiger partial charge on any atom is -0.493 e. The van der Waals surface area contributed by atoms with Crippen molar-refractivity contribution in [3.63, 3.8) is 0 Å². The number of nitrogens with two attached hydrogens (primary N) is 1. The largest absolute Gasteiger partial charge is 0.493 e. The van der Waals surface area contributed by atoms with Gasteiger partial charge >= 0.3 is 0 Å². The van der Waals surface area contributed by atoms with Crippen LogP contribution >= 0.6 is 11.8 Å². The topological polar surface area (TPSA) is 62.3 Å². The predicted molar refractivity (Wildman–Crippen MR) is 85.0 cm³/mol. The van der Waals surface area contributed by atoms with Crippen molar-refractivity contribution in [2.24, 2.45) is 0 Å². The SMILES string of the molecule is COc1cc2nc(N)n(C(C)CCSC)c2cc1OC. The van der Waals surface area contributed by atoms with Crippen LogP contribution in [0.3, 0.4) is 0 Å². The maximum absolute atomic E-state index is 6.07. The van der Waals surface area contributed by atoms with Gasteiger partial charge in [0.05, 0.1) is 25.3 Å². The molecule has 1 aromatic carbocycles. The van der Waals surface area contributed by atoms with E-state index in [0.29, 0.717) is 23.5 Å². The minimum absolute atomic E-state index is 0.297. The monoisotopic (exact) mass is 295 g/mol. The highest BCUT2D eigenvalue weighted by atomic mass is 32.2. The molecule has 20 heavy (non-hydrogen) atoms. The third-order valence-corrected chi connectivity index (χ3v) is 4.05. The number of thioether (sulfide) groups is 1. The summed E-state index contributed by atoms with van der Waals surface area (Å²) >= 11 is 1.83. The Bertz CT molecular complexity index is 598. The molecular weight excluding hydrogens is 274 g/mol. The van der Waals surface area contributed by atoms with E-state index in [2.05, 4.69) is 22.7 Å². The van der Waals surface area contributed by atoms with E-state index in [-0.39, 0.29) is 0 Å². The van der Waals surface area contributed by atoms with Gasteiger partial charge in [0.15, 0.2) is 11.5 Å². The van der Waals surface area contributed by atoms with Gasteiger partial charge in [-0.2, -0.15) is 11.8 Å². The first-order valence-corrected chi connectivity index (χ1v) is 7.90. The Morgan fingerprint density at radius 1 is 1.30 bits per heavy atom. The number of fused-ring (bicyclic) bond motifs is 1. The highest BCUT2D eigenvalue weighted by molar-refractivity contribution is 7.98. The van der Waals surface area contributed by atoms with Gasteiger partial charge in [-0.15, -0.1) is 0 Å². The summed E-state index contributed by atoms with van der Waals surface area (Å²) in [5.74, 6) is 2.98. The van der Waals surface area contributed by atoms with Crippen LogP contribution in [0.1, 0.15) is 19.4 Å². The maximum atomic E-state index is 6.07. The Kier molecular flexibility index (Phi) is 4.65. The minimum atomic E-state index is 0.297. The van der Waals surface area contributed by atoms with Crippen LogP contribution < -0.4 is 15.2 Å². The van der Waals surface area contributed by atoms with Crippen LogP contribution in [0.2, 0.25) is 0 Å². The van der Waals surface area contributed by atoms with Crippen molar-refractivity contribution >= 4 is 28.7 Å². The highest BCUT2D eigenvalue weighted by Gasteiger charge is 2.17. The number of hydrogen-bond acceptors (Lipinski definition) is 5. The molecule has 0 radical (unpaired) electrons. The summed E-state index contributed by atoms with van der Waals surface area (Å²) in [6, 6.07) is 4.10. The summed E-state index contributed by atoms with van der Waals surface area (Å²) in [4.78, 5) is 4.42. The van der Waals surface area contributed by atoms with Gasteiger partial charge < -0.3 is 19.8 Å². The molecule has 2 N–H and O–H groups in total. The summed E-state index contributed by atoms with van der Waals surface area (Å²) in [5, 5.41) is 0. The molecule has 110 valence electrons. The standard InChI is InChI=1S/C14H21N3O2S/c1-9(5-6-20-4)17-11-8-13(19-3)12(18-2)7-10(11)16-14(17)15/h7-9H,5-6H2,1-4H3,(H2,15,16). The lowest BCUT2D eigenvalue weighted by atomic mass is 10.2. The van der Waals surface area contributed by atoms with Crippen molar-refractivity contribution in [3.05, 3.63) is 12.1 Å². The zero-order valence-electron chi connectivity index (χ0n) is 12.3. The van der Waals surface area contributed by atoms with E-state index < -0.39 is 0 Å². The molecule has 2 aromatic rings. The third kappa shape index (κ3) is 2.65. The molecule has 5 nitrogen and oxygen atoms in total. The van der Waals surface area contributed by atoms with Crippen molar-refractivity contribution < 1.29 is 9.47 Å². The number of hydrogen-bond donors (Lipinski definition) is 1. The Balaban J connectivity index is 2.51. The van der Waals surface area contributed by atoms with E-state index in [9.17, 15) is 0 Å². The lowest BCUT2D eigenvalue weighted by molar-refractivity contribution is 0.355. The summed E-state index contributed by atoms with van der Waals surface area (Å²) in [6.07, 6.45) is 3.15. The van der Waals surface area contributed by atoms with Gasteiger partial charge in [-0.25, -0.2) is 4.98 Å². The van der Waals surface area contributed by atoms with E-state index in [4.69, 9.17) is 15.2 Å². The Morgan fingerprint density at radius 2 is 1.95 bits per heavy atom. The number of imidazole rings is 1. The first-order valence-electron chi connectivity index (χ1n) is 6.50. The molecule has 0 saturated heterocycles. The van der Waals surface area contributed by atoms with Crippen molar-refractivity contribution in [3.8, 4) is 11.5 Å². The van der Waals surface area contributed by atoms with Crippen LogP contribution in [0.25, 0.3) is 11.0 Å². The molecule has 1 heterocycles. The van der Waals surface area contributed by atoms with Crippen LogP contribution in [0.15, 0.2) is 12.1 Å². The molecule has 1 unspecified atom stereocenters. The number of benzene rings is 1. The lowest BCUT2D eigenvalue weighted by Gasteiger charge is -2.16. The molecule has 0 aliphatic carbocycles. The quantitative estimate of drug-likeness (QED) is 0.887. The summed E-state index contributed by atoms with van der Waals surface area (Å²) in [7, 11) is 3.25. The van der Waals surface area contributed by atoms with Crippen molar-refractivity contribution in [2.75, 3.05) is 32.0 Å². The van der Waals surface area contributed by atoms with Crippen LogP contribution in [-0.2, 0) is 0 Å². The fourth-order valence-electron chi connectivity index (χ4n) is 2.32. The van der Waals surface area contributed by atoms with E-state index in [1.165, 1.54) is 0 Å². The molecule has 0 bridgehead atoms. The number of nitrogen functional groups attached to an aromatic ring is 1. The van der Waals surface area contributed by atoms with Gasteiger partial charge in [0.2, 0.25) is 5.95 Å². The average Bonchev–Trinajstić information content (AvgIpc) is 2.77. The van der Waals surface area contributed by atoms with Crippen molar-refractivity contribution in [2.45, 2.75) is 19.4 Å². The van der Waals surface area contributed by atoms with Gasteiger partial charge in [0, 0.05) is 18.2 Å². The normalized spacial score (nSPS) is 12.6. The summed E-state index contributed by atoms with van der Waals surface area (Å²) in [6.45, 7) is 2.16. The van der Waals surface area contributed by atoms with Crippen LogP contribution in [-0.4, -0.2) is 35.8 Å². The van der Waals surface area contributed by atoms with Crippen LogP contribution in [0.4, 0.5) is 5.95 Å². The molecule has 2 rings (SSSR count). The first kappa shape index (κ1) is 14.8. The molecule has 0 saturated carbocycles. The molecular formula is C14H21N3O2S. The smallest absolute Gasteiger partial charge is 0.201 e. The number of anilines is 1. The second kappa shape index (κ2) is 6.26. The Labute approximate surface area is 123 Å². The Hall–Kier alpha value is -1.56. The second-order valence-electron chi connectivity index (χ2n) is 4.67. The number of aromatic nitrogens is 2. The fraction of sp³-hybridized carbons (Fsp3) is 0.500. The average molecular weight is 295 g/mol. The zero-order chi connectivity index (χ0) is 14.7. The molecule has 1 aromatic heterocycles. The number of ether oxygens (including phenoxy) is 2.